The number of alkyl halides is 3. The summed E-state index contributed by atoms with van der Waals surface area (Å²) in [6.45, 7) is 5.04. The second-order valence-electron chi connectivity index (χ2n) is 10.0. The molecule has 5 rings (SSSR count). The molecule has 3 aromatic rings. The van der Waals surface area contributed by atoms with E-state index in [9.17, 15) is 22.8 Å². The highest BCUT2D eigenvalue weighted by molar-refractivity contribution is 6.03. The maximum Gasteiger partial charge on any atom is 0.416 e. The van der Waals surface area contributed by atoms with E-state index in [0.29, 0.717) is 35.7 Å². The van der Waals surface area contributed by atoms with Crippen LogP contribution in [-0.4, -0.2) is 56.4 Å². The second kappa shape index (κ2) is 9.34. The molecule has 1 aliphatic carbocycles. The van der Waals surface area contributed by atoms with Gasteiger partial charge >= 0.3 is 6.18 Å². The van der Waals surface area contributed by atoms with Crippen LogP contribution in [0.25, 0.3) is 11.3 Å². The van der Waals surface area contributed by atoms with E-state index in [-0.39, 0.29) is 29.5 Å². The number of hydrogen-bond donors (Lipinski definition) is 2. The van der Waals surface area contributed by atoms with Gasteiger partial charge in [0.1, 0.15) is 17.1 Å². The maximum absolute atomic E-state index is 13.1. The van der Waals surface area contributed by atoms with Crippen molar-refractivity contribution >= 4 is 17.6 Å². The van der Waals surface area contributed by atoms with Gasteiger partial charge in [-0.2, -0.15) is 23.4 Å². The average molecular weight is 528 g/mol. The molecule has 1 saturated carbocycles. The van der Waals surface area contributed by atoms with Crippen molar-refractivity contribution in [3.8, 4) is 11.3 Å². The Balaban J connectivity index is 1.39. The number of hydrogen-bond acceptors (Lipinski definition) is 5. The third-order valence-electron chi connectivity index (χ3n) is 7.51. The number of rotatable bonds is 7. The molecule has 1 aromatic carbocycles. The van der Waals surface area contributed by atoms with Gasteiger partial charge in [0.15, 0.2) is 0 Å². The Hall–Kier alpha value is -4.09. The Bertz CT molecular complexity index is 1400. The minimum Gasteiger partial charge on any atom is -0.373 e. The third-order valence-corrected chi connectivity index (χ3v) is 7.51. The van der Waals surface area contributed by atoms with E-state index in [1.165, 1.54) is 23.0 Å². The van der Waals surface area contributed by atoms with Crippen molar-refractivity contribution in [2.24, 2.45) is 11.1 Å². The van der Waals surface area contributed by atoms with Crippen molar-refractivity contribution < 1.29 is 22.8 Å². The Labute approximate surface area is 217 Å². The van der Waals surface area contributed by atoms with Gasteiger partial charge in [-0.1, -0.05) is 18.7 Å². The molecule has 0 atom stereocenters. The molecule has 0 bridgehead atoms. The zero-order chi connectivity index (χ0) is 27.2. The van der Waals surface area contributed by atoms with Crippen molar-refractivity contribution in [1.82, 2.24) is 24.5 Å². The molecule has 12 heteroatoms. The van der Waals surface area contributed by atoms with Crippen LogP contribution in [0.4, 0.5) is 19.0 Å². The number of carbonyl (C=O) groups is 2. The van der Waals surface area contributed by atoms with Crippen molar-refractivity contribution in [1.29, 1.82) is 0 Å². The van der Waals surface area contributed by atoms with Crippen molar-refractivity contribution in [3.63, 3.8) is 0 Å². The van der Waals surface area contributed by atoms with Gasteiger partial charge in [-0.25, -0.2) is 4.68 Å². The molecule has 200 valence electrons. The minimum absolute atomic E-state index is 0.0169. The SMILES string of the molecule is C=CC(=O)N1CC[C@]2(C1)C[C@H](n1nc(-c3cnn(Cc4cccc(C(F)(F)F)c4)c3)c(C(N)=O)c1NC)C2. The van der Waals surface area contributed by atoms with Crippen LogP contribution in [0.5, 0.6) is 0 Å². The number of benzene rings is 1. The van der Waals surface area contributed by atoms with E-state index < -0.39 is 17.6 Å². The molecule has 2 fully saturated rings. The highest BCUT2D eigenvalue weighted by atomic mass is 19.4. The Morgan fingerprint density at radius 2 is 2.08 bits per heavy atom. The van der Waals surface area contributed by atoms with E-state index in [4.69, 9.17) is 10.8 Å². The lowest BCUT2D eigenvalue weighted by molar-refractivity contribution is -0.137. The molecular weight excluding hydrogens is 499 g/mol. The number of nitrogens with two attached hydrogens (primary N) is 1. The Morgan fingerprint density at radius 1 is 1.32 bits per heavy atom. The van der Waals surface area contributed by atoms with Gasteiger partial charge in [0.05, 0.1) is 24.3 Å². The van der Waals surface area contributed by atoms with Crippen molar-refractivity contribution in [2.45, 2.75) is 38.0 Å². The first-order valence-corrected chi connectivity index (χ1v) is 12.2. The summed E-state index contributed by atoms with van der Waals surface area (Å²) >= 11 is 0. The van der Waals surface area contributed by atoms with Crippen molar-refractivity contribution in [3.05, 3.63) is 66.0 Å². The topological polar surface area (TPSA) is 111 Å². The molecule has 3 N–H and O–H groups in total. The van der Waals surface area contributed by atoms with E-state index in [1.807, 2.05) is 4.90 Å². The lowest BCUT2D eigenvalue weighted by Gasteiger charge is -2.45. The first-order chi connectivity index (χ1) is 18.0. The van der Waals surface area contributed by atoms with Gasteiger partial charge in [-0.15, -0.1) is 0 Å². The fraction of sp³-hybridized carbons (Fsp3) is 0.385. The monoisotopic (exact) mass is 527 g/mol. The summed E-state index contributed by atoms with van der Waals surface area (Å²) in [5.74, 6) is -0.227. The van der Waals surface area contributed by atoms with Crippen LogP contribution in [0.1, 0.15) is 46.8 Å². The van der Waals surface area contributed by atoms with E-state index >= 15 is 0 Å². The summed E-state index contributed by atoms with van der Waals surface area (Å²) in [4.78, 5) is 26.3. The van der Waals surface area contributed by atoms with E-state index in [1.54, 1.807) is 24.0 Å². The van der Waals surface area contributed by atoms with Crippen LogP contribution < -0.4 is 11.1 Å². The molecule has 1 spiro atoms. The number of likely N-dealkylation sites (tertiary alicyclic amines) is 1. The van der Waals surface area contributed by atoms with Crippen LogP contribution in [0.15, 0.2) is 49.3 Å². The molecule has 38 heavy (non-hydrogen) atoms. The second-order valence-corrected chi connectivity index (χ2v) is 10.0. The average Bonchev–Trinajstić information content (AvgIpc) is 3.58. The highest BCUT2D eigenvalue weighted by Crippen LogP contribution is 2.55. The van der Waals surface area contributed by atoms with Gasteiger partial charge in [-0.3, -0.25) is 14.3 Å². The van der Waals surface area contributed by atoms with Crippen molar-refractivity contribution in [2.75, 3.05) is 25.5 Å². The van der Waals surface area contributed by atoms with Gasteiger partial charge in [-0.05, 0) is 48.4 Å². The molecule has 2 amide bonds. The number of carbonyl (C=O) groups excluding carboxylic acids is 2. The standard InChI is InChI=1S/C26H28F3N7O2/c1-3-20(37)34-8-7-25(15-34)10-19(11-25)36-24(31-2)21(23(30)38)22(33-36)17-12-32-35(14-17)13-16-5-4-6-18(9-16)26(27,28)29/h3-6,9,12,14,19,31H,1,7-8,10-11,13,15H2,2H3,(H2,30,38)/t19-,25-. The van der Waals surface area contributed by atoms with Gasteiger partial charge in [0.2, 0.25) is 5.91 Å². The molecule has 1 aliphatic heterocycles. The fourth-order valence-electron chi connectivity index (χ4n) is 5.68. The summed E-state index contributed by atoms with van der Waals surface area (Å²) in [6, 6.07) is 5.08. The number of primary amides is 1. The van der Waals surface area contributed by atoms with E-state index in [0.717, 1.165) is 31.4 Å². The van der Waals surface area contributed by atoms with Gasteiger partial charge in [0.25, 0.3) is 5.91 Å². The number of nitrogens with zero attached hydrogens (tertiary/aromatic N) is 5. The number of nitrogens with one attached hydrogen (secondary N) is 1. The molecule has 0 radical (unpaired) electrons. The van der Waals surface area contributed by atoms with Crippen LogP contribution in [0.3, 0.4) is 0 Å². The van der Waals surface area contributed by atoms with Crippen LogP contribution in [0, 0.1) is 5.41 Å². The fourth-order valence-corrected chi connectivity index (χ4v) is 5.68. The lowest BCUT2D eigenvalue weighted by Crippen LogP contribution is -2.42. The summed E-state index contributed by atoms with van der Waals surface area (Å²) in [5, 5.41) is 12.1. The molecule has 3 heterocycles. The number of amides is 2. The van der Waals surface area contributed by atoms with Crippen LogP contribution in [0.2, 0.25) is 0 Å². The Morgan fingerprint density at radius 3 is 2.74 bits per heavy atom. The predicted octanol–water partition coefficient (Wildman–Crippen LogP) is 3.69. The summed E-state index contributed by atoms with van der Waals surface area (Å²) < 4.78 is 42.5. The maximum atomic E-state index is 13.1. The molecule has 2 aliphatic rings. The smallest absolute Gasteiger partial charge is 0.373 e. The quantitative estimate of drug-likeness (QED) is 0.456. The minimum atomic E-state index is -4.43. The lowest BCUT2D eigenvalue weighted by atomic mass is 9.65. The first-order valence-electron chi connectivity index (χ1n) is 12.2. The summed E-state index contributed by atoms with van der Waals surface area (Å²) in [7, 11) is 1.69. The van der Waals surface area contributed by atoms with Gasteiger partial charge < -0.3 is 16.0 Å². The summed E-state index contributed by atoms with van der Waals surface area (Å²) in [5.41, 5.74) is 6.58. The number of anilines is 1. The van der Waals surface area contributed by atoms with E-state index in [2.05, 4.69) is 17.0 Å². The Kier molecular flexibility index (Phi) is 6.28. The van der Waals surface area contributed by atoms with Crippen LogP contribution >= 0.6 is 0 Å². The highest BCUT2D eigenvalue weighted by Gasteiger charge is 2.51. The number of halogens is 3. The normalized spacial score (nSPS) is 20.9. The third kappa shape index (κ3) is 4.54. The first kappa shape index (κ1) is 25.6. The predicted molar refractivity (Wildman–Crippen MR) is 134 cm³/mol. The largest absolute Gasteiger partial charge is 0.416 e. The zero-order valence-electron chi connectivity index (χ0n) is 20.8. The van der Waals surface area contributed by atoms with Crippen LogP contribution in [-0.2, 0) is 17.5 Å². The number of aromatic nitrogens is 4. The zero-order valence-corrected chi connectivity index (χ0v) is 20.8. The molecule has 1 saturated heterocycles. The molecule has 2 aromatic heterocycles. The molecular formula is C26H28F3N7O2. The van der Waals surface area contributed by atoms with Gasteiger partial charge in [0, 0.05) is 31.9 Å². The molecule has 0 unspecified atom stereocenters. The molecule has 9 nitrogen and oxygen atoms in total. The summed E-state index contributed by atoms with van der Waals surface area (Å²) in [6.07, 6.45) is 2.56.